The molecule has 4 nitrogen and oxygen atoms in total. The summed E-state index contributed by atoms with van der Waals surface area (Å²) >= 11 is 0. The summed E-state index contributed by atoms with van der Waals surface area (Å²) in [7, 11) is 0. The van der Waals surface area contributed by atoms with Gasteiger partial charge in [-0.15, -0.1) is 0 Å². The predicted octanol–water partition coefficient (Wildman–Crippen LogP) is -0.532. The minimum absolute atomic E-state index is 0.134. The molecule has 4 heteroatoms. The fraction of sp³-hybridized carbons (Fsp3) is 0.875. The van der Waals surface area contributed by atoms with Crippen LogP contribution in [0.5, 0.6) is 0 Å². The van der Waals surface area contributed by atoms with Crippen molar-refractivity contribution in [2.75, 3.05) is 13.1 Å². The molecule has 1 amide bonds. The summed E-state index contributed by atoms with van der Waals surface area (Å²) in [5, 5.41) is 12.1. The molecule has 0 aromatic heterocycles. The van der Waals surface area contributed by atoms with Crippen molar-refractivity contribution in [1.82, 2.24) is 5.32 Å². The van der Waals surface area contributed by atoms with Crippen LogP contribution in [0, 0.1) is 5.92 Å². The molecule has 0 aliphatic carbocycles. The highest BCUT2D eigenvalue weighted by Crippen LogP contribution is 2.02. The summed E-state index contributed by atoms with van der Waals surface area (Å²) in [6.45, 7) is 4.64. The van der Waals surface area contributed by atoms with Gasteiger partial charge < -0.3 is 16.2 Å². The van der Waals surface area contributed by atoms with Gasteiger partial charge in [-0.2, -0.15) is 0 Å². The average Bonchev–Trinajstić information content (AvgIpc) is 1.84. The van der Waals surface area contributed by atoms with Crippen LogP contribution < -0.4 is 11.1 Å². The lowest BCUT2D eigenvalue weighted by Crippen LogP contribution is -2.34. The molecule has 0 rings (SSSR count). The molecule has 72 valence electrons. The molecule has 1 atom stereocenters. The maximum atomic E-state index is 10.3. The zero-order chi connectivity index (χ0) is 9.56. The first-order valence-electron chi connectivity index (χ1n) is 4.19. The van der Waals surface area contributed by atoms with Crippen molar-refractivity contribution in [2.24, 2.45) is 11.7 Å². The second-order valence-electron chi connectivity index (χ2n) is 3.38. The number of nitrogens with two attached hydrogens (primary N) is 1. The molecular weight excluding hydrogens is 156 g/mol. The van der Waals surface area contributed by atoms with Crippen molar-refractivity contribution in [1.29, 1.82) is 0 Å². The molecule has 1 unspecified atom stereocenters. The average molecular weight is 174 g/mol. The van der Waals surface area contributed by atoms with Crippen molar-refractivity contribution >= 4 is 5.91 Å². The third-order valence-corrected chi connectivity index (χ3v) is 1.42. The van der Waals surface area contributed by atoms with Crippen LogP contribution in [-0.4, -0.2) is 30.2 Å². The molecule has 0 aromatic carbocycles. The topological polar surface area (TPSA) is 75.3 Å². The number of nitrogens with one attached hydrogen (secondary N) is 1. The van der Waals surface area contributed by atoms with Gasteiger partial charge in [0.15, 0.2) is 0 Å². The Balaban J connectivity index is 3.31. The number of hydrogen-bond acceptors (Lipinski definition) is 3. The zero-order valence-electron chi connectivity index (χ0n) is 7.71. The first kappa shape index (κ1) is 11.4. The molecule has 0 saturated carbocycles. The summed E-state index contributed by atoms with van der Waals surface area (Å²) < 4.78 is 0. The maximum Gasteiger partial charge on any atom is 0.231 e. The summed E-state index contributed by atoms with van der Waals surface area (Å²) in [6, 6.07) is 0. The van der Waals surface area contributed by atoms with Gasteiger partial charge in [0.05, 0.1) is 12.6 Å². The largest absolute Gasteiger partial charge is 0.392 e. The molecule has 12 heavy (non-hydrogen) atoms. The molecule has 4 N–H and O–H groups in total. The van der Waals surface area contributed by atoms with E-state index in [4.69, 9.17) is 5.73 Å². The lowest BCUT2D eigenvalue weighted by molar-refractivity contribution is -0.117. The molecular formula is C8H18N2O2. The van der Waals surface area contributed by atoms with E-state index in [9.17, 15) is 9.90 Å². The van der Waals surface area contributed by atoms with E-state index >= 15 is 0 Å². The lowest BCUT2D eigenvalue weighted by atomic mass is 10.1. The molecule has 0 aromatic rings. The van der Waals surface area contributed by atoms with Crippen molar-refractivity contribution in [3.63, 3.8) is 0 Å². The number of hydrogen-bond donors (Lipinski definition) is 3. The number of aliphatic hydroxyl groups excluding tert-OH is 1. The molecule has 0 aliphatic heterocycles. The lowest BCUT2D eigenvalue weighted by Gasteiger charge is -2.12. The number of carbonyl (C=O) groups is 1. The monoisotopic (exact) mass is 174 g/mol. The van der Waals surface area contributed by atoms with Gasteiger partial charge in [-0.1, -0.05) is 13.8 Å². The highest BCUT2D eigenvalue weighted by molar-refractivity contribution is 5.75. The molecule has 0 bridgehead atoms. The molecule has 0 radical (unpaired) electrons. The van der Waals surface area contributed by atoms with Crippen molar-refractivity contribution in [3.8, 4) is 0 Å². The van der Waals surface area contributed by atoms with Crippen molar-refractivity contribution in [3.05, 3.63) is 0 Å². The smallest absolute Gasteiger partial charge is 0.231 e. The van der Waals surface area contributed by atoms with Crippen molar-refractivity contribution < 1.29 is 9.90 Å². The number of primary amides is 1. The third kappa shape index (κ3) is 7.50. The van der Waals surface area contributed by atoms with E-state index in [-0.39, 0.29) is 12.6 Å². The van der Waals surface area contributed by atoms with Gasteiger partial charge in [0, 0.05) is 6.54 Å². The number of carbonyl (C=O) groups excluding carboxylic acids is 1. The summed E-state index contributed by atoms with van der Waals surface area (Å²) in [5.41, 5.74) is 4.90. The van der Waals surface area contributed by atoms with Crippen LogP contribution in [0.3, 0.4) is 0 Å². The highest BCUT2D eigenvalue weighted by Gasteiger charge is 2.06. The van der Waals surface area contributed by atoms with E-state index in [2.05, 4.69) is 5.32 Å². The first-order chi connectivity index (χ1) is 5.52. The normalized spacial score (nSPS) is 13.3. The quantitative estimate of drug-likeness (QED) is 0.506. The predicted molar refractivity (Wildman–Crippen MR) is 47.5 cm³/mol. The number of rotatable bonds is 6. The van der Waals surface area contributed by atoms with Crippen LogP contribution in [-0.2, 0) is 4.79 Å². The fourth-order valence-corrected chi connectivity index (χ4v) is 0.989. The van der Waals surface area contributed by atoms with Gasteiger partial charge in [-0.25, -0.2) is 0 Å². The van der Waals surface area contributed by atoms with Crippen LogP contribution in [0.25, 0.3) is 0 Å². The Morgan fingerprint density at radius 3 is 2.58 bits per heavy atom. The van der Waals surface area contributed by atoms with Crippen LogP contribution in [0.4, 0.5) is 0 Å². The molecule has 0 aliphatic rings. The van der Waals surface area contributed by atoms with Gasteiger partial charge in [0.2, 0.25) is 5.91 Å². The fourth-order valence-electron chi connectivity index (χ4n) is 0.989. The van der Waals surface area contributed by atoms with E-state index in [0.29, 0.717) is 12.5 Å². The molecule has 0 heterocycles. The van der Waals surface area contributed by atoms with Crippen LogP contribution >= 0.6 is 0 Å². The minimum atomic E-state index is -0.397. The van der Waals surface area contributed by atoms with E-state index in [0.717, 1.165) is 6.42 Å². The van der Waals surface area contributed by atoms with E-state index < -0.39 is 5.91 Å². The third-order valence-electron chi connectivity index (χ3n) is 1.42. The van der Waals surface area contributed by atoms with Crippen LogP contribution in [0.2, 0.25) is 0 Å². The first-order valence-corrected chi connectivity index (χ1v) is 4.19. The summed E-state index contributed by atoms with van der Waals surface area (Å²) in [4.78, 5) is 10.3. The SMILES string of the molecule is CC(C)CC(O)CNCC(N)=O. The zero-order valence-corrected chi connectivity index (χ0v) is 7.71. The van der Waals surface area contributed by atoms with Gasteiger partial charge in [0.25, 0.3) is 0 Å². The molecule has 0 spiro atoms. The molecule has 0 fully saturated rings. The number of aliphatic hydroxyl groups is 1. The second-order valence-corrected chi connectivity index (χ2v) is 3.38. The second kappa shape index (κ2) is 5.97. The Bertz CT molecular complexity index is 137. The van der Waals surface area contributed by atoms with E-state index in [1.807, 2.05) is 13.8 Å². The van der Waals surface area contributed by atoms with Gasteiger partial charge in [-0.05, 0) is 12.3 Å². The van der Waals surface area contributed by atoms with Crippen molar-refractivity contribution in [2.45, 2.75) is 26.4 Å². The van der Waals surface area contributed by atoms with E-state index in [1.165, 1.54) is 0 Å². The van der Waals surface area contributed by atoms with Gasteiger partial charge in [-0.3, -0.25) is 4.79 Å². The highest BCUT2D eigenvalue weighted by atomic mass is 16.3. The van der Waals surface area contributed by atoms with Crippen LogP contribution in [0.1, 0.15) is 20.3 Å². The van der Waals surface area contributed by atoms with Gasteiger partial charge in [0.1, 0.15) is 0 Å². The molecule has 0 saturated heterocycles. The van der Waals surface area contributed by atoms with Gasteiger partial charge >= 0.3 is 0 Å². The maximum absolute atomic E-state index is 10.3. The summed E-state index contributed by atoms with van der Waals surface area (Å²) in [5.74, 6) is 0.0714. The standard InChI is InChI=1S/C8H18N2O2/c1-6(2)3-7(11)4-10-5-8(9)12/h6-7,10-11H,3-5H2,1-2H3,(H2,9,12). The Labute approximate surface area is 73.1 Å². The summed E-state index contributed by atoms with van der Waals surface area (Å²) in [6.07, 6.45) is 0.357. The Kier molecular flexibility index (Phi) is 5.66. The van der Waals surface area contributed by atoms with E-state index in [1.54, 1.807) is 0 Å². The van der Waals surface area contributed by atoms with Crippen LogP contribution in [0.15, 0.2) is 0 Å². The number of amides is 1. The minimum Gasteiger partial charge on any atom is -0.392 e. The Hall–Kier alpha value is -0.610. The Morgan fingerprint density at radius 2 is 2.17 bits per heavy atom. The Morgan fingerprint density at radius 1 is 1.58 bits per heavy atom.